The van der Waals surface area contributed by atoms with Crippen molar-refractivity contribution in [2.75, 3.05) is 12.4 Å². The first-order valence-corrected chi connectivity index (χ1v) is 5.97. The van der Waals surface area contributed by atoms with Crippen LogP contribution < -0.4 is 10.6 Å². The molecule has 0 saturated carbocycles. The predicted molar refractivity (Wildman–Crippen MR) is 71.9 cm³/mol. The summed E-state index contributed by atoms with van der Waals surface area (Å²) < 4.78 is 1.50. The minimum Gasteiger partial charge on any atom is -0.355 e. The van der Waals surface area contributed by atoms with Crippen molar-refractivity contribution in [3.63, 3.8) is 0 Å². The molecule has 2 heterocycles. The lowest BCUT2D eigenvalue weighted by Gasteiger charge is -2.09. The minimum absolute atomic E-state index is 0.0514. The lowest BCUT2D eigenvalue weighted by molar-refractivity contribution is 0.0964. The van der Waals surface area contributed by atoms with Crippen molar-refractivity contribution in [2.45, 2.75) is 0 Å². The molecule has 7 nitrogen and oxygen atoms in total. The Balaban J connectivity index is 2.40. The molecule has 2 aromatic rings. The summed E-state index contributed by atoms with van der Waals surface area (Å²) >= 11 is 11.7. The highest BCUT2D eigenvalue weighted by molar-refractivity contribution is 6.33. The summed E-state index contributed by atoms with van der Waals surface area (Å²) in [4.78, 5) is 19.4. The Hall–Kier alpha value is -1.86. The summed E-state index contributed by atoms with van der Waals surface area (Å²) in [6.07, 6.45) is 2.81. The molecule has 2 N–H and O–H groups in total. The largest absolute Gasteiger partial charge is 0.355 e. The van der Waals surface area contributed by atoms with E-state index in [4.69, 9.17) is 23.2 Å². The van der Waals surface area contributed by atoms with Crippen LogP contribution in [-0.2, 0) is 7.05 Å². The number of nitrogens with one attached hydrogen (secondary N) is 2. The molecule has 0 aliphatic heterocycles. The van der Waals surface area contributed by atoms with Crippen molar-refractivity contribution in [3.05, 3.63) is 28.3 Å². The number of aromatic nitrogens is 4. The van der Waals surface area contributed by atoms with Gasteiger partial charge in [0.1, 0.15) is 16.4 Å². The zero-order chi connectivity index (χ0) is 14.0. The van der Waals surface area contributed by atoms with E-state index < -0.39 is 0 Å². The second-order valence-electron chi connectivity index (χ2n) is 3.57. The molecule has 0 spiro atoms. The standard InChI is InChI=1S/C10H10Cl2N6O/c1-13-9(19)5-3-15-18(2)8(5)16-7-6(11)4-14-10(12)17-7/h3-4H,1-2H3,(H,13,19)(H,14,16,17). The van der Waals surface area contributed by atoms with Gasteiger partial charge in [0, 0.05) is 14.1 Å². The molecule has 100 valence electrons. The third-order valence-electron chi connectivity index (χ3n) is 2.36. The van der Waals surface area contributed by atoms with Gasteiger partial charge >= 0.3 is 0 Å². The number of halogens is 2. The van der Waals surface area contributed by atoms with Crippen LogP contribution in [0.3, 0.4) is 0 Å². The molecular formula is C10H10Cl2N6O. The Labute approximate surface area is 118 Å². The number of aryl methyl sites for hydroxylation is 1. The van der Waals surface area contributed by atoms with Crippen LogP contribution in [0.5, 0.6) is 0 Å². The number of hydrogen-bond donors (Lipinski definition) is 2. The SMILES string of the molecule is CNC(=O)c1cnn(C)c1Nc1nc(Cl)ncc1Cl. The average Bonchev–Trinajstić information content (AvgIpc) is 2.75. The number of amides is 1. The predicted octanol–water partition coefficient (Wildman–Crippen LogP) is 1.62. The molecule has 0 aliphatic rings. The lowest BCUT2D eigenvalue weighted by Crippen LogP contribution is -2.19. The minimum atomic E-state index is -0.271. The summed E-state index contributed by atoms with van der Waals surface area (Å²) in [5, 5.41) is 9.78. The average molecular weight is 301 g/mol. The normalized spacial score (nSPS) is 10.3. The molecule has 0 saturated heterocycles. The van der Waals surface area contributed by atoms with Crippen LogP contribution in [0.15, 0.2) is 12.4 Å². The highest BCUT2D eigenvalue weighted by Gasteiger charge is 2.16. The third kappa shape index (κ3) is 2.77. The Morgan fingerprint density at radius 1 is 1.37 bits per heavy atom. The molecule has 0 radical (unpaired) electrons. The van der Waals surface area contributed by atoms with Crippen LogP contribution >= 0.6 is 23.2 Å². The first kappa shape index (κ1) is 13.6. The van der Waals surface area contributed by atoms with Crippen molar-refractivity contribution in [1.29, 1.82) is 0 Å². The zero-order valence-corrected chi connectivity index (χ0v) is 11.6. The van der Waals surface area contributed by atoms with Crippen molar-refractivity contribution < 1.29 is 4.79 Å². The van der Waals surface area contributed by atoms with Gasteiger partial charge in [-0.25, -0.2) is 4.98 Å². The van der Waals surface area contributed by atoms with Crippen LogP contribution in [0.1, 0.15) is 10.4 Å². The smallest absolute Gasteiger partial charge is 0.256 e. The van der Waals surface area contributed by atoms with Gasteiger partial charge in [-0.05, 0) is 11.6 Å². The van der Waals surface area contributed by atoms with Gasteiger partial charge < -0.3 is 10.6 Å². The third-order valence-corrected chi connectivity index (χ3v) is 2.82. The molecule has 2 rings (SSSR count). The first-order chi connectivity index (χ1) is 9.02. The second-order valence-corrected chi connectivity index (χ2v) is 4.32. The van der Waals surface area contributed by atoms with Gasteiger partial charge in [-0.2, -0.15) is 10.1 Å². The van der Waals surface area contributed by atoms with Gasteiger partial charge in [-0.3, -0.25) is 9.48 Å². The molecular weight excluding hydrogens is 291 g/mol. The fourth-order valence-corrected chi connectivity index (χ4v) is 1.70. The van der Waals surface area contributed by atoms with Gasteiger partial charge in [0.05, 0.1) is 12.4 Å². The summed E-state index contributed by atoms with van der Waals surface area (Å²) in [5.41, 5.74) is 0.371. The Morgan fingerprint density at radius 2 is 2.11 bits per heavy atom. The topological polar surface area (TPSA) is 84.7 Å². The van der Waals surface area contributed by atoms with Crippen LogP contribution in [0.4, 0.5) is 11.6 Å². The van der Waals surface area contributed by atoms with Crippen molar-refractivity contribution in [2.24, 2.45) is 7.05 Å². The maximum Gasteiger partial charge on any atom is 0.256 e. The van der Waals surface area contributed by atoms with E-state index in [0.29, 0.717) is 17.2 Å². The lowest BCUT2D eigenvalue weighted by atomic mass is 10.3. The molecule has 19 heavy (non-hydrogen) atoms. The van der Waals surface area contributed by atoms with E-state index in [1.807, 2.05) is 0 Å². The van der Waals surface area contributed by atoms with E-state index in [9.17, 15) is 4.79 Å². The van der Waals surface area contributed by atoms with Gasteiger partial charge in [-0.1, -0.05) is 11.6 Å². The second kappa shape index (κ2) is 5.41. The van der Waals surface area contributed by atoms with Gasteiger partial charge in [0.25, 0.3) is 5.91 Å². The molecule has 0 atom stereocenters. The Morgan fingerprint density at radius 3 is 2.79 bits per heavy atom. The van der Waals surface area contributed by atoms with Crippen molar-refractivity contribution in [3.8, 4) is 0 Å². The van der Waals surface area contributed by atoms with E-state index in [1.165, 1.54) is 24.1 Å². The highest BCUT2D eigenvalue weighted by Crippen LogP contribution is 2.25. The first-order valence-electron chi connectivity index (χ1n) is 5.22. The molecule has 0 unspecified atom stereocenters. The van der Waals surface area contributed by atoms with E-state index in [1.54, 1.807) is 7.05 Å². The quantitative estimate of drug-likeness (QED) is 0.842. The molecule has 0 aliphatic carbocycles. The van der Waals surface area contributed by atoms with Crippen LogP contribution in [-0.4, -0.2) is 32.7 Å². The van der Waals surface area contributed by atoms with Gasteiger partial charge in [0.15, 0.2) is 5.82 Å². The number of carbonyl (C=O) groups excluding carboxylic acids is 1. The molecule has 0 bridgehead atoms. The maximum absolute atomic E-state index is 11.7. The summed E-state index contributed by atoms with van der Waals surface area (Å²) in [5.74, 6) is 0.485. The number of hydrogen-bond acceptors (Lipinski definition) is 5. The van der Waals surface area contributed by atoms with Crippen molar-refractivity contribution in [1.82, 2.24) is 25.1 Å². The maximum atomic E-state index is 11.7. The Bertz CT molecular complexity index is 626. The van der Waals surface area contributed by atoms with Gasteiger partial charge in [0.2, 0.25) is 5.28 Å². The van der Waals surface area contributed by atoms with Gasteiger partial charge in [-0.15, -0.1) is 0 Å². The van der Waals surface area contributed by atoms with Crippen LogP contribution in [0, 0.1) is 0 Å². The molecule has 1 amide bonds. The van der Waals surface area contributed by atoms with Crippen LogP contribution in [0.25, 0.3) is 0 Å². The number of rotatable bonds is 3. The zero-order valence-electron chi connectivity index (χ0n) is 10.1. The van der Waals surface area contributed by atoms with E-state index >= 15 is 0 Å². The van der Waals surface area contributed by atoms with Crippen molar-refractivity contribution >= 4 is 40.7 Å². The monoisotopic (exact) mass is 300 g/mol. The van der Waals surface area contributed by atoms with Crippen LogP contribution in [0.2, 0.25) is 10.3 Å². The summed E-state index contributed by atoms with van der Waals surface area (Å²) in [6.45, 7) is 0. The fraction of sp³-hybridized carbons (Fsp3) is 0.200. The molecule has 9 heteroatoms. The highest BCUT2D eigenvalue weighted by atomic mass is 35.5. The fourth-order valence-electron chi connectivity index (χ4n) is 1.43. The van der Waals surface area contributed by atoms with E-state index in [-0.39, 0.29) is 16.2 Å². The summed E-state index contributed by atoms with van der Waals surface area (Å²) in [6, 6.07) is 0. The number of nitrogens with zero attached hydrogens (tertiary/aromatic N) is 4. The van der Waals surface area contributed by atoms with E-state index in [0.717, 1.165) is 0 Å². The van der Waals surface area contributed by atoms with E-state index in [2.05, 4.69) is 25.7 Å². The number of anilines is 2. The molecule has 0 fully saturated rings. The number of carbonyl (C=O) groups is 1. The summed E-state index contributed by atoms with van der Waals surface area (Å²) in [7, 11) is 3.22. The molecule has 0 aromatic carbocycles. The molecule has 2 aromatic heterocycles. The Kier molecular flexibility index (Phi) is 3.87.